The second-order valence-corrected chi connectivity index (χ2v) is 14.5. The van der Waals surface area contributed by atoms with Gasteiger partial charge in [-0.2, -0.15) is 0 Å². The number of hydrogen-bond donors (Lipinski definition) is 0. The molecule has 0 fully saturated rings. The zero-order valence-electron chi connectivity index (χ0n) is 28.8. The molecule has 0 aromatic heterocycles. The van der Waals surface area contributed by atoms with Crippen LogP contribution in [0.3, 0.4) is 0 Å². The van der Waals surface area contributed by atoms with Gasteiger partial charge in [-0.15, -0.1) is 0 Å². The van der Waals surface area contributed by atoms with Crippen LogP contribution in [0.2, 0.25) is 0 Å². The van der Waals surface area contributed by atoms with Crippen molar-refractivity contribution in [3.63, 3.8) is 0 Å². The van der Waals surface area contributed by atoms with E-state index in [9.17, 15) is 0 Å². The van der Waals surface area contributed by atoms with Gasteiger partial charge in [-0.05, 0) is 129 Å². The highest BCUT2D eigenvalue weighted by atomic mass is 14.4. The minimum Gasteiger partial charge on any atom is -0.0622 e. The van der Waals surface area contributed by atoms with E-state index in [1.54, 1.807) is 0 Å². The van der Waals surface area contributed by atoms with Gasteiger partial charge in [-0.3, -0.25) is 0 Å². The Morgan fingerprint density at radius 2 is 0.725 bits per heavy atom. The number of hydrogen-bond acceptors (Lipinski definition) is 0. The fourth-order valence-corrected chi connectivity index (χ4v) is 8.71. The maximum atomic E-state index is 2.43. The fraction of sp³-hybridized carbons (Fsp3) is 0.0588. The average molecular weight is 649 g/mol. The topological polar surface area (TPSA) is 0 Å². The van der Waals surface area contributed by atoms with Crippen LogP contribution in [0, 0.1) is 0 Å². The van der Waals surface area contributed by atoms with Crippen molar-refractivity contribution in [2.24, 2.45) is 0 Å². The maximum absolute atomic E-state index is 2.43. The van der Waals surface area contributed by atoms with Gasteiger partial charge in [0.25, 0.3) is 0 Å². The monoisotopic (exact) mass is 648 g/mol. The molecular weight excluding hydrogens is 613 g/mol. The molecule has 1 aliphatic carbocycles. The fourth-order valence-electron chi connectivity index (χ4n) is 8.71. The summed E-state index contributed by atoms with van der Waals surface area (Å²) >= 11 is 0. The zero-order valence-corrected chi connectivity index (χ0v) is 28.8. The molecule has 0 saturated carbocycles. The van der Waals surface area contributed by atoms with Crippen molar-refractivity contribution in [3.05, 3.63) is 193 Å². The highest BCUT2D eigenvalue weighted by Crippen LogP contribution is 2.51. The van der Waals surface area contributed by atoms with Gasteiger partial charge in [0.1, 0.15) is 0 Å². The summed E-state index contributed by atoms with van der Waals surface area (Å²) in [7, 11) is 0. The van der Waals surface area contributed by atoms with Gasteiger partial charge < -0.3 is 0 Å². The van der Waals surface area contributed by atoms with Gasteiger partial charge in [0.2, 0.25) is 0 Å². The molecule has 0 unspecified atom stereocenters. The molecule has 0 radical (unpaired) electrons. The predicted octanol–water partition coefficient (Wildman–Crippen LogP) is 14.1. The SMILES string of the molecule is CC1(C)c2ccc(-c3cccc(-c4c5ccccc5c(-c5cccc(-c6ccccc6)c5)c5ccccc45)c3)cc2-c2cc3ccccc3cc21. The summed E-state index contributed by atoms with van der Waals surface area (Å²) < 4.78 is 0. The maximum Gasteiger partial charge on any atom is 0.0159 e. The van der Waals surface area contributed by atoms with Gasteiger partial charge in [0.15, 0.2) is 0 Å². The lowest BCUT2D eigenvalue weighted by atomic mass is 9.81. The van der Waals surface area contributed by atoms with E-state index in [-0.39, 0.29) is 5.41 Å². The van der Waals surface area contributed by atoms with Crippen molar-refractivity contribution in [1.29, 1.82) is 0 Å². The summed E-state index contributed by atoms with van der Waals surface area (Å²) in [5, 5.41) is 7.67. The summed E-state index contributed by atoms with van der Waals surface area (Å²) in [6.07, 6.45) is 0. The van der Waals surface area contributed by atoms with Crippen LogP contribution in [-0.2, 0) is 5.41 Å². The molecule has 9 aromatic carbocycles. The van der Waals surface area contributed by atoms with Crippen LogP contribution in [0.15, 0.2) is 182 Å². The van der Waals surface area contributed by atoms with E-state index in [0.717, 1.165) is 0 Å². The lowest BCUT2D eigenvalue weighted by Gasteiger charge is -2.22. The molecule has 0 saturated heterocycles. The second-order valence-electron chi connectivity index (χ2n) is 14.5. The van der Waals surface area contributed by atoms with Crippen LogP contribution < -0.4 is 0 Å². The second kappa shape index (κ2) is 11.4. The molecule has 0 nitrogen and oxygen atoms in total. The molecule has 0 bridgehead atoms. The first kappa shape index (κ1) is 29.7. The molecule has 240 valence electrons. The van der Waals surface area contributed by atoms with Crippen molar-refractivity contribution < 1.29 is 0 Å². The van der Waals surface area contributed by atoms with Crippen molar-refractivity contribution in [1.82, 2.24) is 0 Å². The van der Waals surface area contributed by atoms with Crippen LogP contribution in [0.25, 0.3) is 88.0 Å². The van der Waals surface area contributed by atoms with E-state index in [1.807, 2.05) is 0 Å². The Kier molecular flexibility index (Phi) is 6.63. The Morgan fingerprint density at radius 1 is 0.294 bits per heavy atom. The van der Waals surface area contributed by atoms with Crippen molar-refractivity contribution in [2.75, 3.05) is 0 Å². The molecule has 51 heavy (non-hydrogen) atoms. The van der Waals surface area contributed by atoms with E-state index < -0.39 is 0 Å². The minimum atomic E-state index is -0.0464. The molecule has 10 rings (SSSR count). The van der Waals surface area contributed by atoms with Crippen LogP contribution in [0.1, 0.15) is 25.0 Å². The Morgan fingerprint density at radius 3 is 1.31 bits per heavy atom. The molecule has 0 heteroatoms. The normalized spacial score (nSPS) is 13.1. The summed E-state index contributed by atoms with van der Waals surface area (Å²) in [6, 6.07) is 67.4. The molecule has 1 aliphatic rings. The zero-order chi connectivity index (χ0) is 34.1. The highest BCUT2D eigenvalue weighted by Gasteiger charge is 2.35. The minimum absolute atomic E-state index is 0.0464. The number of benzene rings is 9. The van der Waals surface area contributed by atoms with Crippen molar-refractivity contribution in [3.8, 4) is 55.6 Å². The summed E-state index contributed by atoms with van der Waals surface area (Å²) in [5.41, 5.74) is 15.4. The molecule has 0 amide bonds. The Hall–Kier alpha value is -6.24. The smallest absolute Gasteiger partial charge is 0.0159 e. The molecule has 9 aromatic rings. The van der Waals surface area contributed by atoms with Gasteiger partial charge in [0, 0.05) is 5.41 Å². The van der Waals surface area contributed by atoms with Crippen LogP contribution in [-0.4, -0.2) is 0 Å². The average Bonchev–Trinajstić information content (AvgIpc) is 3.40. The van der Waals surface area contributed by atoms with E-state index in [2.05, 4.69) is 196 Å². The first-order valence-electron chi connectivity index (χ1n) is 17.9. The Balaban J connectivity index is 1.15. The number of rotatable bonds is 4. The molecule has 0 N–H and O–H groups in total. The van der Waals surface area contributed by atoms with Gasteiger partial charge in [0.05, 0.1) is 0 Å². The summed E-state index contributed by atoms with van der Waals surface area (Å²) in [5.74, 6) is 0. The van der Waals surface area contributed by atoms with E-state index >= 15 is 0 Å². The van der Waals surface area contributed by atoms with Crippen LogP contribution in [0.4, 0.5) is 0 Å². The largest absolute Gasteiger partial charge is 0.0622 e. The lowest BCUT2D eigenvalue weighted by molar-refractivity contribution is 0.661. The third-order valence-electron chi connectivity index (χ3n) is 11.2. The van der Waals surface area contributed by atoms with Gasteiger partial charge >= 0.3 is 0 Å². The molecular formula is C51H36. The lowest BCUT2D eigenvalue weighted by Crippen LogP contribution is -2.14. The molecule has 0 spiro atoms. The van der Waals surface area contributed by atoms with E-state index in [1.165, 1.54) is 99.1 Å². The molecule has 0 heterocycles. The van der Waals surface area contributed by atoms with Gasteiger partial charge in [-0.25, -0.2) is 0 Å². The van der Waals surface area contributed by atoms with Crippen molar-refractivity contribution >= 4 is 32.3 Å². The standard InChI is InChI=1S/C51H36/c1-51(2)47-27-26-38(31-45(47)46-30-36-16-6-7-17-37(36)32-48(46)51)35-19-13-21-40(29-35)50-43-24-10-8-22-41(43)49(42-23-9-11-25-44(42)50)39-20-12-18-34(28-39)33-14-4-3-5-15-33/h3-32H,1-2H3. The van der Waals surface area contributed by atoms with E-state index in [0.29, 0.717) is 0 Å². The first-order valence-corrected chi connectivity index (χ1v) is 17.9. The third kappa shape index (κ3) is 4.68. The van der Waals surface area contributed by atoms with Crippen molar-refractivity contribution in [2.45, 2.75) is 19.3 Å². The third-order valence-corrected chi connectivity index (χ3v) is 11.2. The first-order chi connectivity index (χ1) is 25.0. The predicted molar refractivity (Wildman–Crippen MR) is 218 cm³/mol. The quantitative estimate of drug-likeness (QED) is 0.167. The van der Waals surface area contributed by atoms with E-state index in [4.69, 9.17) is 0 Å². The Bertz CT molecular complexity index is 2760. The van der Waals surface area contributed by atoms with Gasteiger partial charge in [-0.1, -0.05) is 166 Å². The molecule has 0 aliphatic heterocycles. The molecule has 0 atom stereocenters. The summed E-state index contributed by atoms with van der Waals surface area (Å²) in [4.78, 5) is 0. The number of fused-ring (bicyclic) bond motifs is 6. The van der Waals surface area contributed by atoms with Crippen LogP contribution >= 0.6 is 0 Å². The van der Waals surface area contributed by atoms with Crippen LogP contribution in [0.5, 0.6) is 0 Å². The summed E-state index contributed by atoms with van der Waals surface area (Å²) in [6.45, 7) is 4.73. The highest BCUT2D eigenvalue weighted by molar-refractivity contribution is 6.21. The Labute approximate surface area is 299 Å².